The molecule has 3 N–H and O–H groups in total. The number of nitrogens with two attached hydrogens (primary N) is 1. The van der Waals surface area contributed by atoms with Crippen molar-refractivity contribution in [3.63, 3.8) is 0 Å². The van der Waals surface area contributed by atoms with Crippen molar-refractivity contribution >= 4 is 57.2 Å². The van der Waals surface area contributed by atoms with Crippen molar-refractivity contribution in [2.45, 2.75) is 11.4 Å². The summed E-state index contributed by atoms with van der Waals surface area (Å²) in [6, 6.07) is 14.5. The molecule has 0 unspecified atom stereocenters. The van der Waals surface area contributed by atoms with Gasteiger partial charge in [-0.05, 0) is 49.0 Å². The van der Waals surface area contributed by atoms with Gasteiger partial charge in [0.15, 0.2) is 5.96 Å². The number of nitrogens with zero attached hydrogens (tertiary/aromatic N) is 3. The summed E-state index contributed by atoms with van der Waals surface area (Å²) in [6.45, 7) is 3.70. The van der Waals surface area contributed by atoms with Crippen LogP contribution in [0.15, 0.2) is 58.4 Å². The van der Waals surface area contributed by atoms with Crippen molar-refractivity contribution in [2.24, 2.45) is 10.7 Å². The molecule has 1 aliphatic heterocycles. The Labute approximate surface area is 194 Å². The van der Waals surface area contributed by atoms with Gasteiger partial charge in [-0.15, -0.1) is 24.0 Å². The Kier molecular flexibility index (Phi) is 8.56. The van der Waals surface area contributed by atoms with Gasteiger partial charge in [0.25, 0.3) is 0 Å². The second kappa shape index (κ2) is 10.5. The number of hydrogen-bond acceptors (Lipinski definition) is 4. The molecule has 0 bridgehead atoms. The zero-order chi connectivity index (χ0) is 20.1. The molecule has 1 aliphatic rings. The summed E-state index contributed by atoms with van der Waals surface area (Å²) in [5.74, 6) is 0.502. The number of piperazine rings is 1. The monoisotopic (exact) mass is 549 g/mol. The van der Waals surface area contributed by atoms with Crippen LogP contribution < -0.4 is 15.4 Å². The highest BCUT2D eigenvalue weighted by Gasteiger charge is 2.18. The first-order chi connectivity index (χ1) is 13.4. The van der Waals surface area contributed by atoms with E-state index in [9.17, 15) is 8.42 Å². The molecule has 29 heavy (non-hydrogen) atoms. The number of guanidine groups is 1. The first-order valence-electron chi connectivity index (χ1n) is 8.97. The smallest absolute Gasteiger partial charge is 0.240 e. The van der Waals surface area contributed by atoms with Gasteiger partial charge in [0.05, 0.1) is 11.4 Å². The number of benzene rings is 2. The number of sulfonamides is 1. The highest BCUT2D eigenvalue weighted by atomic mass is 127. The molecule has 2 aromatic rings. The molecule has 0 radical (unpaired) electrons. The van der Waals surface area contributed by atoms with Crippen LogP contribution in [0.25, 0.3) is 0 Å². The van der Waals surface area contributed by atoms with E-state index in [2.05, 4.69) is 19.5 Å². The third-order valence-corrected chi connectivity index (χ3v) is 6.40. The Morgan fingerprint density at radius 3 is 2.21 bits per heavy atom. The number of anilines is 1. The van der Waals surface area contributed by atoms with Crippen LogP contribution in [0, 0.1) is 0 Å². The first kappa shape index (κ1) is 23.7. The summed E-state index contributed by atoms with van der Waals surface area (Å²) < 4.78 is 25.8. The molecule has 0 aromatic heterocycles. The largest absolute Gasteiger partial charge is 0.370 e. The molecule has 0 aliphatic carbocycles. The minimum atomic E-state index is -3.42. The van der Waals surface area contributed by atoms with Gasteiger partial charge in [0, 0.05) is 36.9 Å². The second-order valence-corrected chi connectivity index (χ2v) is 8.80. The van der Waals surface area contributed by atoms with E-state index in [4.69, 9.17) is 17.3 Å². The highest BCUT2D eigenvalue weighted by Crippen LogP contribution is 2.19. The summed E-state index contributed by atoms with van der Waals surface area (Å²) >= 11 is 5.95. The lowest BCUT2D eigenvalue weighted by atomic mass is 10.2. The lowest BCUT2D eigenvalue weighted by Crippen LogP contribution is -2.51. The summed E-state index contributed by atoms with van der Waals surface area (Å²) in [5.41, 5.74) is 8.20. The standard InChI is InChI=1S/C19H24ClN5O2S.HI/c1-22-28(26,27)18-8-2-15(3-9-18)14-23-19(21)25-12-10-24(11-13-25)17-6-4-16(20)5-7-17;/h2-9,22H,10-14H2,1H3,(H2,21,23);1H. The van der Waals surface area contributed by atoms with Crippen molar-refractivity contribution in [1.29, 1.82) is 0 Å². The topological polar surface area (TPSA) is 91.0 Å². The Morgan fingerprint density at radius 2 is 1.66 bits per heavy atom. The van der Waals surface area contributed by atoms with Crippen LogP contribution in [0.4, 0.5) is 5.69 Å². The second-order valence-electron chi connectivity index (χ2n) is 6.48. The van der Waals surface area contributed by atoms with Crippen molar-refractivity contribution in [3.05, 3.63) is 59.1 Å². The molecule has 3 rings (SSSR count). The van der Waals surface area contributed by atoms with Crippen LogP contribution in [-0.2, 0) is 16.6 Å². The van der Waals surface area contributed by atoms with E-state index in [-0.39, 0.29) is 28.9 Å². The molecule has 0 spiro atoms. The van der Waals surface area contributed by atoms with E-state index in [1.54, 1.807) is 24.3 Å². The molecule has 0 amide bonds. The van der Waals surface area contributed by atoms with Gasteiger partial charge in [0.2, 0.25) is 10.0 Å². The Balaban J connectivity index is 0.00000300. The number of halogens is 2. The Hall–Kier alpha value is -1.56. The minimum absolute atomic E-state index is 0. The maximum absolute atomic E-state index is 11.8. The fourth-order valence-corrected chi connectivity index (χ4v) is 3.87. The van der Waals surface area contributed by atoms with E-state index >= 15 is 0 Å². The van der Waals surface area contributed by atoms with Crippen molar-refractivity contribution in [1.82, 2.24) is 9.62 Å². The molecule has 158 valence electrons. The van der Waals surface area contributed by atoms with Gasteiger partial charge in [-0.25, -0.2) is 18.1 Å². The van der Waals surface area contributed by atoms with Gasteiger partial charge in [-0.1, -0.05) is 23.7 Å². The fraction of sp³-hybridized carbons (Fsp3) is 0.316. The van der Waals surface area contributed by atoms with E-state index in [0.717, 1.165) is 42.5 Å². The molecule has 0 saturated carbocycles. The van der Waals surface area contributed by atoms with Gasteiger partial charge in [-0.2, -0.15) is 0 Å². The number of hydrogen-bond donors (Lipinski definition) is 2. The van der Waals surface area contributed by atoms with Gasteiger partial charge in [0.1, 0.15) is 0 Å². The molecule has 10 heteroatoms. The van der Waals surface area contributed by atoms with E-state index in [0.29, 0.717) is 12.5 Å². The number of nitrogens with one attached hydrogen (secondary N) is 1. The normalized spacial score (nSPS) is 15.2. The number of rotatable bonds is 5. The Bertz CT molecular complexity index is 928. The van der Waals surface area contributed by atoms with Gasteiger partial charge < -0.3 is 15.5 Å². The Morgan fingerprint density at radius 1 is 1.07 bits per heavy atom. The maximum atomic E-state index is 11.8. The molecule has 2 aromatic carbocycles. The summed E-state index contributed by atoms with van der Waals surface area (Å²) in [4.78, 5) is 9.04. The van der Waals surface area contributed by atoms with E-state index in [1.807, 2.05) is 24.3 Å². The molecule has 1 saturated heterocycles. The van der Waals surface area contributed by atoms with Crippen LogP contribution in [-0.4, -0.2) is 52.5 Å². The lowest BCUT2D eigenvalue weighted by Gasteiger charge is -2.36. The van der Waals surface area contributed by atoms with Gasteiger partial charge >= 0.3 is 0 Å². The van der Waals surface area contributed by atoms with Crippen molar-refractivity contribution < 1.29 is 8.42 Å². The highest BCUT2D eigenvalue weighted by molar-refractivity contribution is 14.0. The average molecular weight is 550 g/mol. The van der Waals surface area contributed by atoms with Crippen LogP contribution in [0.5, 0.6) is 0 Å². The minimum Gasteiger partial charge on any atom is -0.370 e. The number of aliphatic imine (C=N–C) groups is 1. The first-order valence-corrected chi connectivity index (χ1v) is 10.8. The molecule has 0 atom stereocenters. The molecule has 1 heterocycles. The quantitative estimate of drug-likeness (QED) is 0.340. The third-order valence-electron chi connectivity index (χ3n) is 4.72. The molecule has 7 nitrogen and oxygen atoms in total. The lowest BCUT2D eigenvalue weighted by molar-refractivity contribution is 0.380. The van der Waals surface area contributed by atoms with E-state index in [1.165, 1.54) is 7.05 Å². The maximum Gasteiger partial charge on any atom is 0.240 e. The predicted octanol–water partition coefficient (Wildman–Crippen LogP) is 2.50. The van der Waals surface area contributed by atoms with Gasteiger partial charge in [-0.3, -0.25) is 0 Å². The molecular formula is C19H25ClIN5O2S. The third kappa shape index (κ3) is 6.21. The average Bonchev–Trinajstić information content (AvgIpc) is 2.73. The zero-order valence-electron chi connectivity index (χ0n) is 16.1. The molecular weight excluding hydrogens is 525 g/mol. The summed E-state index contributed by atoms with van der Waals surface area (Å²) in [6.07, 6.45) is 0. The van der Waals surface area contributed by atoms with Crippen LogP contribution in [0.2, 0.25) is 5.02 Å². The summed E-state index contributed by atoms with van der Waals surface area (Å²) in [7, 11) is -2.03. The van der Waals surface area contributed by atoms with Crippen LogP contribution in [0.3, 0.4) is 0 Å². The molecule has 1 fully saturated rings. The zero-order valence-corrected chi connectivity index (χ0v) is 20.0. The predicted molar refractivity (Wildman–Crippen MR) is 129 cm³/mol. The van der Waals surface area contributed by atoms with Crippen LogP contribution in [0.1, 0.15) is 5.56 Å². The fourth-order valence-electron chi connectivity index (χ4n) is 3.01. The van der Waals surface area contributed by atoms with Crippen molar-refractivity contribution in [2.75, 3.05) is 38.1 Å². The SMILES string of the molecule is CNS(=O)(=O)c1ccc(CN=C(N)N2CCN(c3ccc(Cl)cc3)CC2)cc1.I. The summed E-state index contributed by atoms with van der Waals surface area (Å²) in [5, 5.41) is 0.732. The van der Waals surface area contributed by atoms with E-state index < -0.39 is 10.0 Å². The van der Waals surface area contributed by atoms with Crippen LogP contribution >= 0.6 is 35.6 Å². The van der Waals surface area contributed by atoms with Crippen molar-refractivity contribution in [3.8, 4) is 0 Å².